The number of carbonyl (C=O) groups excluding carboxylic acids is 1. The molecule has 0 radical (unpaired) electrons. The molecule has 0 aliphatic carbocycles. The smallest absolute Gasteiger partial charge is 0.406 e. The summed E-state index contributed by atoms with van der Waals surface area (Å²) in [4.78, 5) is 21.5. The SMILES string of the molecule is [2H]C([2H])(c1c[nH]c2ncccc12)N1CCc2c(NC(=O)Nc3cccc(OC(F)(F)F)c3)cccc21. The van der Waals surface area contributed by atoms with Crippen LogP contribution in [0.25, 0.3) is 11.0 Å². The van der Waals surface area contributed by atoms with Crippen LogP contribution in [0.1, 0.15) is 13.9 Å². The number of nitrogens with one attached hydrogen (secondary N) is 3. The molecule has 174 valence electrons. The number of H-pyrrole nitrogens is 1. The van der Waals surface area contributed by atoms with Crippen molar-refractivity contribution < 1.29 is 25.4 Å². The Hall–Kier alpha value is -4.21. The number of alkyl halides is 3. The van der Waals surface area contributed by atoms with Crippen molar-refractivity contribution in [1.29, 1.82) is 0 Å². The predicted octanol–water partition coefficient (Wildman–Crippen LogP) is 5.67. The van der Waals surface area contributed by atoms with Crippen LogP contribution in [-0.4, -0.2) is 28.9 Å². The number of hydrogen-bond acceptors (Lipinski definition) is 4. The molecule has 0 atom stereocenters. The van der Waals surface area contributed by atoms with Crippen molar-refractivity contribution in [3.63, 3.8) is 0 Å². The van der Waals surface area contributed by atoms with Crippen LogP contribution in [0.3, 0.4) is 0 Å². The first-order valence-electron chi connectivity index (χ1n) is 11.4. The van der Waals surface area contributed by atoms with Gasteiger partial charge in [-0.1, -0.05) is 12.1 Å². The fourth-order valence-electron chi connectivity index (χ4n) is 3.92. The number of hydrogen-bond donors (Lipinski definition) is 3. The van der Waals surface area contributed by atoms with Gasteiger partial charge in [-0.3, -0.25) is 0 Å². The van der Waals surface area contributed by atoms with Gasteiger partial charge in [-0.05, 0) is 48.4 Å². The summed E-state index contributed by atoms with van der Waals surface area (Å²) >= 11 is 0. The van der Waals surface area contributed by atoms with Gasteiger partial charge in [0.2, 0.25) is 0 Å². The Kier molecular flexibility index (Phi) is 4.89. The highest BCUT2D eigenvalue weighted by molar-refractivity contribution is 6.01. The molecular weight excluding hydrogens is 447 g/mol. The van der Waals surface area contributed by atoms with Crippen LogP contribution in [0.4, 0.5) is 35.0 Å². The Bertz CT molecular complexity index is 1440. The van der Waals surface area contributed by atoms with E-state index in [0.717, 1.165) is 17.7 Å². The summed E-state index contributed by atoms with van der Waals surface area (Å²) in [5.74, 6) is -0.453. The molecule has 0 saturated heterocycles. The number of nitrogens with zero attached hydrogens (tertiary/aromatic N) is 2. The summed E-state index contributed by atoms with van der Waals surface area (Å²) in [6.45, 7) is -1.47. The molecular formula is C24H20F3N5O2. The van der Waals surface area contributed by atoms with E-state index in [1.165, 1.54) is 12.1 Å². The van der Waals surface area contributed by atoms with Gasteiger partial charge in [0.15, 0.2) is 0 Å². The maximum atomic E-state index is 12.6. The summed E-state index contributed by atoms with van der Waals surface area (Å²) in [7, 11) is 0. The standard InChI is InChI=1S/C24H20F3N5O2/c25-24(26,27)34-17-5-1-4-16(12-17)30-23(33)31-20-7-2-8-21-19(20)9-11-32(21)14-15-13-29-22-18(15)6-3-10-28-22/h1-8,10,12-13H,9,11,14H2,(H,28,29)(H2,30,31,33)/i14D2. The minimum atomic E-state index is -4.84. The third kappa shape index (κ3) is 4.61. The third-order valence-electron chi connectivity index (χ3n) is 5.31. The van der Waals surface area contributed by atoms with Gasteiger partial charge in [0.05, 0.1) is 2.74 Å². The first-order valence-corrected chi connectivity index (χ1v) is 10.4. The average molecular weight is 469 g/mol. The van der Waals surface area contributed by atoms with Crippen molar-refractivity contribution in [2.45, 2.75) is 19.3 Å². The van der Waals surface area contributed by atoms with Crippen molar-refractivity contribution >= 4 is 34.1 Å². The number of ether oxygens (including phenoxy) is 1. The van der Waals surface area contributed by atoms with E-state index in [1.54, 1.807) is 47.6 Å². The first-order chi connectivity index (χ1) is 17.1. The maximum absolute atomic E-state index is 12.6. The number of aromatic nitrogens is 2. The fraction of sp³-hybridized carbons (Fsp3) is 0.167. The quantitative estimate of drug-likeness (QED) is 0.352. The van der Waals surface area contributed by atoms with E-state index >= 15 is 0 Å². The Morgan fingerprint density at radius 2 is 2.03 bits per heavy atom. The minimum absolute atomic E-state index is 0.118. The molecule has 1 aliphatic rings. The van der Waals surface area contributed by atoms with Crippen LogP contribution < -0.4 is 20.3 Å². The Morgan fingerprint density at radius 3 is 2.88 bits per heavy atom. The fourth-order valence-corrected chi connectivity index (χ4v) is 3.92. The lowest BCUT2D eigenvalue weighted by Crippen LogP contribution is -2.21. The van der Waals surface area contributed by atoms with Crippen molar-refractivity contribution in [3.8, 4) is 5.75 Å². The molecule has 2 amide bonds. The largest absolute Gasteiger partial charge is 0.573 e. The van der Waals surface area contributed by atoms with E-state index in [-0.39, 0.29) is 5.69 Å². The molecule has 3 heterocycles. The zero-order valence-electron chi connectivity index (χ0n) is 19.6. The van der Waals surface area contributed by atoms with E-state index in [4.69, 9.17) is 2.74 Å². The third-order valence-corrected chi connectivity index (χ3v) is 5.31. The second kappa shape index (κ2) is 8.62. The Labute approximate surface area is 195 Å². The lowest BCUT2D eigenvalue weighted by molar-refractivity contribution is -0.274. The molecule has 0 bridgehead atoms. The second-order valence-electron chi connectivity index (χ2n) is 7.57. The zero-order valence-corrected chi connectivity index (χ0v) is 17.6. The van der Waals surface area contributed by atoms with Crippen LogP contribution in [-0.2, 0) is 12.9 Å². The zero-order chi connectivity index (χ0) is 25.5. The van der Waals surface area contributed by atoms with Gasteiger partial charge in [-0.15, -0.1) is 13.2 Å². The number of halogens is 3. The van der Waals surface area contributed by atoms with E-state index in [0.29, 0.717) is 40.9 Å². The number of pyridine rings is 1. The molecule has 7 nitrogen and oxygen atoms in total. The van der Waals surface area contributed by atoms with Crippen molar-refractivity contribution in [2.75, 3.05) is 22.1 Å². The summed E-state index contributed by atoms with van der Waals surface area (Å²) in [5.41, 5.74) is 3.03. The molecule has 5 rings (SSSR count). The normalized spacial score (nSPS) is 14.4. The number of amides is 2. The number of urea groups is 1. The highest BCUT2D eigenvalue weighted by Gasteiger charge is 2.31. The molecule has 0 fully saturated rings. The van der Waals surface area contributed by atoms with Gasteiger partial charge < -0.3 is 25.3 Å². The Balaban J connectivity index is 1.35. The van der Waals surface area contributed by atoms with Gasteiger partial charge in [-0.2, -0.15) is 0 Å². The summed E-state index contributed by atoms with van der Waals surface area (Å²) in [6.07, 6.45) is -1.11. The van der Waals surface area contributed by atoms with E-state index < -0.39 is 24.6 Å². The highest BCUT2D eigenvalue weighted by Crippen LogP contribution is 2.35. The van der Waals surface area contributed by atoms with Crippen LogP contribution in [0.2, 0.25) is 0 Å². The minimum Gasteiger partial charge on any atom is -0.406 e. The summed E-state index contributed by atoms with van der Waals surface area (Å²) in [6, 6.07) is 13.0. The molecule has 2 aromatic carbocycles. The average Bonchev–Trinajstić information content (AvgIpc) is 3.44. The van der Waals surface area contributed by atoms with Crippen molar-refractivity contribution in [1.82, 2.24) is 9.97 Å². The molecule has 4 aromatic rings. The molecule has 0 spiro atoms. The van der Waals surface area contributed by atoms with E-state index in [1.807, 2.05) is 0 Å². The molecule has 10 heteroatoms. The van der Waals surface area contributed by atoms with Crippen LogP contribution in [0.15, 0.2) is 67.0 Å². The van der Waals surface area contributed by atoms with E-state index in [9.17, 15) is 18.0 Å². The molecule has 0 saturated carbocycles. The molecule has 1 aliphatic heterocycles. The van der Waals surface area contributed by atoms with E-state index in [2.05, 4.69) is 25.3 Å². The highest BCUT2D eigenvalue weighted by atomic mass is 19.4. The molecule has 3 N–H and O–H groups in total. The Morgan fingerprint density at radius 1 is 1.18 bits per heavy atom. The van der Waals surface area contributed by atoms with Gasteiger partial charge >= 0.3 is 12.4 Å². The number of fused-ring (bicyclic) bond motifs is 2. The lowest BCUT2D eigenvalue weighted by Gasteiger charge is -2.19. The van der Waals surface area contributed by atoms with Gasteiger partial charge in [0.25, 0.3) is 0 Å². The molecule has 0 unspecified atom stereocenters. The topological polar surface area (TPSA) is 82.3 Å². The summed E-state index contributed by atoms with van der Waals surface area (Å²) in [5, 5.41) is 5.89. The molecule has 2 aromatic heterocycles. The maximum Gasteiger partial charge on any atom is 0.573 e. The van der Waals surface area contributed by atoms with Crippen LogP contribution >= 0.6 is 0 Å². The number of rotatable bonds is 5. The van der Waals surface area contributed by atoms with Gasteiger partial charge in [0.1, 0.15) is 11.4 Å². The van der Waals surface area contributed by atoms with Crippen LogP contribution in [0.5, 0.6) is 5.75 Å². The van der Waals surface area contributed by atoms with Gasteiger partial charge in [-0.25, -0.2) is 9.78 Å². The lowest BCUT2D eigenvalue weighted by atomic mass is 10.1. The number of carbonyl (C=O) groups is 1. The first kappa shape index (κ1) is 19.3. The number of anilines is 3. The number of benzene rings is 2. The van der Waals surface area contributed by atoms with Crippen molar-refractivity contribution in [3.05, 3.63) is 78.1 Å². The van der Waals surface area contributed by atoms with Crippen LogP contribution in [0, 0.1) is 0 Å². The summed E-state index contributed by atoms with van der Waals surface area (Å²) < 4.78 is 59.1. The molecule has 34 heavy (non-hydrogen) atoms. The predicted molar refractivity (Wildman–Crippen MR) is 123 cm³/mol. The second-order valence-corrected chi connectivity index (χ2v) is 7.57. The monoisotopic (exact) mass is 469 g/mol. The van der Waals surface area contributed by atoms with Crippen molar-refractivity contribution in [2.24, 2.45) is 0 Å². The number of aromatic amines is 1. The van der Waals surface area contributed by atoms with Gasteiger partial charge in [0, 0.05) is 59.5 Å².